The van der Waals surface area contributed by atoms with E-state index in [0.717, 1.165) is 23.6 Å². The van der Waals surface area contributed by atoms with Gasteiger partial charge in [-0.05, 0) is 48.7 Å². The average Bonchev–Trinajstić information content (AvgIpc) is 3.55. The molecule has 2 aromatic carbocycles. The summed E-state index contributed by atoms with van der Waals surface area (Å²) < 4.78 is 19.8. The van der Waals surface area contributed by atoms with Gasteiger partial charge in [0.2, 0.25) is 0 Å². The normalized spacial score (nSPS) is 13.7. The standard InChI is InChI=1S/C23H23FN2O/c24-23-7-2-1-5-19(23)16-26(21-10-11-21)15-18-8-12-22(13-9-18)27-17-20-6-3-4-14-25-20/h1-9,12-14,21H,10-11,15-17H2. The molecule has 0 radical (unpaired) electrons. The molecule has 27 heavy (non-hydrogen) atoms. The molecule has 0 bridgehead atoms. The molecule has 4 heteroatoms. The van der Waals surface area contributed by atoms with Crippen molar-refractivity contribution in [2.45, 2.75) is 38.6 Å². The molecule has 4 rings (SSSR count). The minimum Gasteiger partial charge on any atom is -0.487 e. The predicted octanol–water partition coefficient (Wildman–Crippen LogP) is 4.96. The highest BCUT2D eigenvalue weighted by Gasteiger charge is 2.29. The summed E-state index contributed by atoms with van der Waals surface area (Å²) in [6, 6.07) is 21.6. The van der Waals surface area contributed by atoms with E-state index >= 15 is 0 Å². The summed E-state index contributed by atoms with van der Waals surface area (Å²) in [5.41, 5.74) is 2.88. The summed E-state index contributed by atoms with van der Waals surface area (Å²) in [5.74, 6) is 0.706. The van der Waals surface area contributed by atoms with Crippen molar-refractivity contribution in [2.24, 2.45) is 0 Å². The van der Waals surface area contributed by atoms with E-state index in [2.05, 4.69) is 22.0 Å². The van der Waals surface area contributed by atoms with E-state index in [0.29, 0.717) is 19.2 Å². The molecule has 3 nitrogen and oxygen atoms in total. The zero-order valence-corrected chi connectivity index (χ0v) is 15.2. The number of rotatable bonds is 8. The van der Waals surface area contributed by atoms with Crippen LogP contribution in [0, 0.1) is 5.82 Å². The maximum absolute atomic E-state index is 14.0. The van der Waals surface area contributed by atoms with Crippen molar-refractivity contribution in [3.8, 4) is 5.75 Å². The van der Waals surface area contributed by atoms with E-state index in [1.807, 2.05) is 42.5 Å². The topological polar surface area (TPSA) is 25.4 Å². The summed E-state index contributed by atoms with van der Waals surface area (Å²) in [6.07, 6.45) is 4.16. The Balaban J connectivity index is 1.37. The van der Waals surface area contributed by atoms with Crippen LogP contribution in [0.4, 0.5) is 4.39 Å². The van der Waals surface area contributed by atoms with Gasteiger partial charge >= 0.3 is 0 Å². The lowest BCUT2D eigenvalue weighted by Gasteiger charge is -2.22. The molecule has 0 atom stereocenters. The third kappa shape index (κ3) is 4.92. The Morgan fingerprint density at radius 2 is 1.70 bits per heavy atom. The minimum atomic E-state index is -0.124. The second-order valence-corrected chi connectivity index (χ2v) is 6.98. The van der Waals surface area contributed by atoms with Crippen molar-refractivity contribution >= 4 is 0 Å². The number of halogens is 1. The summed E-state index contributed by atoms with van der Waals surface area (Å²) in [7, 11) is 0. The fraction of sp³-hybridized carbons (Fsp3) is 0.261. The molecular formula is C23H23FN2O. The first-order valence-corrected chi connectivity index (χ1v) is 9.37. The fourth-order valence-electron chi connectivity index (χ4n) is 3.17. The van der Waals surface area contributed by atoms with E-state index in [9.17, 15) is 4.39 Å². The molecule has 0 amide bonds. The van der Waals surface area contributed by atoms with E-state index in [-0.39, 0.29) is 5.82 Å². The van der Waals surface area contributed by atoms with Gasteiger partial charge in [-0.2, -0.15) is 0 Å². The molecule has 1 aliphatic rings. The summed E-state index contributed by atoms with van der Waals surface area (Å²) in [5, 5.41) is 0. The molecule has 1 fully saturated rings. The van der Waals surface area contributed by atoms with E-state index in [4.69, 9.17) is 4.74 Å². The van der Waals surface area contributed by atoms with E-state index < -0.39 is 0 Å². The summed E-state index contributed by atoms with van der Waals surface area (Å²) >= 11 is 0. The van der Waals surface area contributed by atoms with Gasteiger partial charge in [0.05, 0.1) is 5.69 Å². The second kappa shape index (κ2) is 8.31. The molecule has 1 aromatic heterocycles. The van der Waals surface area contributed by atoms with Crippen LogP contribution in [0.1, 0.15) is 29.7 Å². The summed E-state index contributed by atoms with van der Waals surface area (Å²) in [6.45, 7) is 1.93. The number of pyridine rings is 1. The number of hydrogen-bond acceptors (Lipinski definition) is 3. The molecule has 0 aliphatic heterocycles. The van der Waals surface area contributed by atoms with Crippen LogP contribution in [-0.4, -0.2) is 15.9 Å². The number of hydrogen-bond donors (Lipinski definition) is 0. The van der Waals surface area contributed by atoms with Crippen molar-refractivity contribution in [1.29, 1.82) is 0 Å². The van der Waals surface area contributed by atoms with Gasteiger partial charge in [-0.25, -0.2) is 4.39 Å². The van der Waals surface area contributed by atoms with Crippen molar-refractivity contribution in [2.75, 3.05) is 0 Å². The third-order valence-electron chi connectivity index (χ3n) is 4.82. The highest BCUT2D eigenvalue weighted by atomic mass is 19.1. The van der Waals surface area contributed by atoms with E-state index in [1.165, 1.54) is 24.5 Å². The summed E-state index contributed by atoms with van der Waals surface area (Å²) in [4.78, 5) is 6.62. The zero-order valence-electron chi connectivity index (χ0n) is 15.2. The zero-order chi connectivity index (χ0) is 18.5. The highest BCUT2D eigenvalue weighted by molar-refractivity contribution is 5.28. The van der Waals surface area contributed by atoms with Crippen LogP contribution in [0.3, 0.4) is 0 Å². The second-order valence-electron chi connectivity index (χ2n) is 6.98. The van der Waals surface area contributed by atoms with Crippen LogP contribution >= 0.6 is 0 Å². The van der Waals surface area contributed by atoms with Crippen LogP contribution in [0.2, 0.25) is 0 Å². The SMILES string of the molecule is Fc1ccccc1CN(Cc1ccc(OCc2ccccn2)cc1)C1CC1. The van der Waals surface area contributed by atoms with Crippen LogP contribution < -0.4 is 4.74 Å². The van der Waals surface area contributed by atoms with Gasteiger partial charge in [-0.15, -0.1) is 0 Å². The molecular weight excluding hydrogens is 339 g/mol. The molecule has 1 saturated carbocycles. The maximum atomic E-state index is 14.0. The highest BCUT2D eigenvalue weighted by Crippen LogP contribution is 2.30. The molecule has 0 saturated heterocycles. The molecule has 138 valence electrons. The van der Waals surface area contributed by atoms with Gasteiger partial charge in [0, 0.05) is 30.9 Å². The first kappa shape index (κ1) is 17.7. The number of aromatic nitrogens is 1. The van der Waals surface area contributed by atoms with Crippen LogP contribution in [0.25, 0.3) is 0 Å². The minimum absolute atomic E-state index is 0.124. The lowest BCUT2D eigenvalue weighted by Crippen LogP contribution is -2.25. The molecule has 0 spiro atoms. The lowest BCUT2D eigenvalue weighted by molar-refractivity contribution is 0.242. The smallest absolute Gasteiger partial charge is 0.130 e. The number of benzene rings is 2. The Hall–Kier alpha value is -2.72. The Labute approximate surface area is 159 Å². The molecule has 0 unspecified atom stereocenters. The Morgan fingerprint density at radius 1 is 0.926 bits per heavy atom. The Bertz CT molecular complexity index is 863. The van der Waals surface area contributed by atoms with Gasteiger partial charge in [0.15, 0.2) is 0 Å². The maximum Gasteiger partial charge on any atom is 0.130 e. The van der Waals surface area contributed by atoms with Crippen molar-refractivity contribution in [3.05, 3.63) is 95.6 Å². The largest absolute Gasteiger partial charge is 0.487 e. The van der Waals surface area contributed by atoms with Crippen LogP contribution in [-0.2, 0) is 19.7 Å². The van der Waals surface area contributed by atoms with Gasteiger partial charge in [-0.1, -0.05) is 36.4 Å². The van der Waals surface area contributed by atoms with Crippen LogP contribution in [0.15, 0.2) is 72.9 Å². The average molecular weight is 362 g/mol. The fourth-order valence-corrected chi connectivity index (χ4v) is 3.17. The number of ether oxygens (including phenoxy) is 1. The van der Waals surface area contributed by atoms with Gasteiger partial charge in [0.1, 0.15) is 18.2 Å². The molecule has 1 aliphatic carbocycles. The van der Waals surface area contributed by atoms with E-state index in [1.54, 1.807) is 12.3 Å². The quantitative estimate of drug-likeness (QED) is 0.566. The third-order valence-corrected chi connectivity index (χ3v) is 4.82. The van der Waals surface area contributed by atoms with Crippen molar-refractivity contribution in [1.82, 2.24) is 9.88 Å². The number of nitrogens with zero attached hydrogens (tertiary/aromatic N) is 2. The van der Waals surface area contributed by atoms with Gasteiger partial charge in [-0.3, -0.25) is 9.88 Å². The Kier molecular flexibility index (Phi) is 5.45. The van der Waals surface area contributed by atoms with Gasteiger partial charge in [0.25, 0.3) is 0 Å². The van der Waals surface area contributed by atoms with Crippen molar-refractivity contribution in [3.63, 3.8) is 0 Å². The predicted molar refractivity (Wildman–Crippen MR) is 104 cm³/mol. The van der Waals surface area contributed by atoms with Gasteiger partial charge < -0.3 is 4.74 Å². The molecule has 3 aromatic rings. The lowest BCUT2D eigenvalue weighted by atomic mass is 10.1. The molecule has 1 heterocycles. The first-order valence-electron chi connectivity index (χ1n) is 9.37. The monoisotopic (exact) mass is 362 g/mol. The van der Waals surface area contributed by atoms with Crippen molar-refractivity contribution < 1.29 is 9.13 Å². The molecule has 0 N–H and O–H groups in total. The first-order chi connectivity index (χ1) is 13.3. The Morgan fingerprint density at radius 3 is 2.41 bits per heavy atom. The van der Waals surface area contributed by atoms with Crippen LogP contribution in [0.5, 0.6) is 5.75 Å².